The van der Waals surface area contributed by atoms with Crippen molar-refractivity contribution in [2.75, 3.05) is 0 Å². The van der Waals surface area contributed by atoms with Crippen LogP contribution in [0.1, 0.15) is 6.92 Å². The molecule has 0 heterocycles. The van der Waals surface area contributed by atoms with Crippen molar-refractivity contribution in [3.8, 4) is 0 Å². The first-order chi connectivity index (χ1) is 3.77. The fourth-order valence-electron chi connectivity index (χ4n) is 0.173. The number of isothiocyanates is 1. The van der Waals surface area contributed by atoms with Crippen molar-refractivity contribution in [3.05, 3.63) is 12.3 Å². The average Bonchev–Trinajstić information content (AvgIpc) is 1.66. The first-order valence-electron chi connectivity index (χ1n) is 2.01. The molecule has 0 aromatic rings. The van der Waals surface area contributed by atoms with Crippen LogP contribution in [0, 0.1) is 0 Å². The molecular formula is C5H5NOS. The zero-order valence-corrected chi connectivity index (χ0v) is 5.23. The van der Waals surface area contributed by atoms with Crippen molar-refractivity contribution in [1.29, 1.82) is 0 Å². The highest BCUT2D eigenvalue weighted by Gasteiger charge is 1.75. The Bertz CT molecular complexity index is 152. The summed E-state index contributed by atoms with van der Waals surface area (Å²) in [6.45, 7) is 1.44. The molecule has 0 aliphatic carbocycles. The molecule has 3 heteroatoms. The molecule has 0 saturated carbocycles. The number of hydrogen-bond donors (Lipinski definition) is 0. The standard InChI is InChI=1S/C5H5NOS/c1-5(7)2-3-6-4-8/h2-3H,1H3/b3-2+. The van der Waals surface area contributed by atoms with Gasteiger partial charge < -0.3 is 0 Å². The molecule has 0 saturated heterocycles. The minimum atomic E-state index is -0.0426. The van der Waals surface area contributed by atoms with E-state index in [-0.39, 0.29) is 5.78 Å². The van der Waals surface area contributed by atoms with Crippen molar-refractivity contribution >= 4 is 23.2 Å². The first kappa shape index (κ1) is 7.21. The summed E-state index contributed by atoms with van der Waals surface area (Å²) in [5.41, 5.74) is 0. The molecule has 0 radical (unpaired) electrons. The molecule has 0 spiro atoms. The van der Waals surface area contributed by atoms with Crippen LogP contribution < -0.4 is 0 Å². The highest BCUT2D eigenvalue weighted by Crippen LogP contribution is 1.73. The number of thiocarbonyl (C=S) groups is 1. The van der Waals surface area contributed by atoms with E-state index < -0.39 is 0 Å². The highest BCUT2D eigenvalue weighted by atomic mass is 32.1. The molecule has 2 nitrogen and oxygen atoms in total. The Morgan fingerprint density at radius 2 is 2.50 bits per heavy atom. The van der Waals surface area contributed by atoms with Gasteiger partial charge >= 0.3 is 0 Å². The highest BCUT2D eigenvalue weighted by molar-refractivity contribution is 7.78. The normalized spacial score (nSPS) is 8.62. The van der Waals surface area contributed by atoms with Crippen molar-refractivity contribution in [1.82, 2.24) is 0 Å². The maximum atomic E-state index is 10.1. The molecule has 8 heavy (non-hydrogen) atoms. The van der Waals surface area contributed by atoms with Crippen LogP contribution in [0.4, 0.5) is 0 Å². The molecule has 42 valence electrons. The molecule has 0 aliphatic rings. The van der Waals surface area contributed by atoms with E-state index in [1.807, 2.05) is 0 Å². The minimum absolute atomic E-state index is 0.0426. The van der Waals surface area contributed by atoms with Crippen LogP contribution in [0.5, 0.6) is 0 Å². The van der Waals surface area contributed by atoms with Gasteiger partial charge in [0.25, 0.3) is 0 Å². The lowest BCUT2D eigenvalue weighted by atomic mass is 10.4. The van der Waals surface area contributed by atoms with Gasteiger partial charge in [-0.15, -0.1) is 0 Å². The predicted octanol–water partition coefficient (Wildman–Crippen LogP) is 1.19. The minimum Gasteiger partial charge on any atom is -0.295 e. The van der Waals surface area contributed by atoms with Crippen LogP contribution in [0.2, 0.25) is 0 Å². The van der Waals surface area contributed by atoms with E-state index in [1.54, 1.807) is 0 Å². The number of carbonyl (C=O) groups excluding carboxylic acids is 1. The summed E-state index contributed by atoms with van der Waals surface area (Å²) in [7, 11) is 0. The third-order valence-electron chi connectivity index (χ3n) is 0.436. The van der Waals surface area contributed by atoms with E-state index >= 15 is 0 Å². The number of ketones is 1. The van der Waals surface area contributed by atoms with Crippen molar-refractivity contribution in [3.63, 3.8) is 0 Å². The van der Waals surface area contributed by atoms with Gasteiger partial charge in [0.2, 0.25) is 0 Å². The van der Waals surface area contributed by atoms with Crippen LogP contribution in [-0.2, 0) is 4.79 Å². The lowest BCUT2D eigenvalue weighted by Crippen LogP contribution is -1.76. The van der Waals surface area contributed by atoms with Crippen LogP contribution in [0.3, 0.4) is 0 Å². The summed E-state index contributed by atoms with van der Waals surface area (Å²) < 4.78 is 0. The molecule has 0 aliphatic heterocycles. The van der Waals surface area contributed by atoms with Crippen molar-refractivity contribution < 1.29 is 4.79 Å². The summed E-state index contributed by atoms with van der Waals surface area (Å²) in [6, 6.07) is 0. The van der Waals surface area contributed by atoms with Gasteiger partial charge in [0.15, 0.2) is 5.78 Å². The van der Waals surface area contributed by atoms with Gasteiger partial charge in [-0.05, 0) is 25.2 Å². The number of rotatable bonds is 2. The van der Waals surface area contributed by atoms with E-state index in [1.165, 1.54) is 19.2 Å². The smallest absolute Gasteiger partial charge is 0.154 e. The largest absolute Gasteiger partial charge is 0.295 e. The summed E-state index contributed by atoms with van der Waals surface area (Å²) >= 11 is 4.22. The summed E-state index contributed by atoms with van der Waals surface area (Å²) in [5.74, 6) is -0.0426. The topological polar surface area (TPSA) is 29.4 Å². The Hall–Kier alpha value is -0.790. The molecule has 0 bridgehead atoms. The SMILES string of the molecule is CC(=O)/C=C/N=C=S. The molecule has 0 atom stereocenters. The van der Waals surface area contributed by atoms with Crippen LogP contribution >= 0.6 is 12.2 Å². The predicted molar refractivity (Wildman–Crippen MR) is 34.8 cm³/mol. The van der Waals surface area contributed by atoms with Gasteiger partial charge in [-0.3, -0.25) is 4.79 Å². The summed E-state index contributed by atoms with van der Waals surface area (Å²) in [6.07, 6.45) is 2.63. The van der Waals surface area contributed by atoms with Gasteiger partial charge in [-0.25, -0.2) is 4.99 Å². The zero-order chi connectivity index (χ0) is 6.41. The molecule has 0 N–H and O–H groups in total. The van der Waals surface area contributed by atoms with E-state index in [4.69, 9.17) is 0 Å². The Balaban J connectivity index is 3.67. The van der Waals surface area contributed by atoms with Crippen molar-refractivity contribution in [2.24, 2.45) is 4.99 Å². The summed E-state index contributed by atoms with van der Waals surface area (Å²) in [4.78, 5) is 13.5. The van der Waals surface area contributed by atoms with Gasteiger partial charge in [0.1, 0.15) is 0 Å². The van der Waals surface area contributed by atoms with Gasteiger partial charge in [0.05, 0.1) is 5.16 Å². The number of carbonyl (C=O) groups is 1. The molecule has 0 amide bonds. The fraction of sp³-hybridized carbons (Fsp3) is 0.200. The molecule has 0 fully saturated rings. The number of aliphatic imine (C=N–C) groups is 1. The van der Waals surface area contributed by atoms with E-state index in [9.17, 15) is 4.79 Å². The Kier molecular flexibility index (Phi) is 3.94. The fourth-order valence-corrected chi connectivity index (χ4v) is 0.234. The Morgan fingerprint density at radius 3 is 2.88 bits per heavy atom. The van der Waals surface area contributed by atoms with Gasteiger partial charge in [0, 0.05) is 6.20 Å². The zero-order valence-electron chi connectivity index (χ0n) is 4.42. The third-order valence-corrected chi connectivity index (χ3v) is 0.542. The van der Waals surface area contributed by atoms with Gasteiger partial charge in [-0.2, -0.15) is 0 Å². The molecule has 0 aromatic carbocycles. The van der Waals surface area contributed by atoms with Gasteiger partial charge in [-0.1, -0.05) is 0 Å². The van der Waals surface area contributed by atoms with E-state index in [0.717, 1.165) is 0 Å². The lowest BCUT2D eigenvalue weighted by molar-refractivity contribution is -0.112. The van der Waals surface area contributed by atoms with Crippen LogP contribution in [0.15, 0.2) is 17.3 Å². The molecular weight excluding hydrogens is 122 g/mol. The number of hydrogen-bond acceptors (Lipinski definition) is 3. The maximum absolute atomic E-state index is 10.1. The van der Waals surface area contributed by atoms with Crippen LogP contribution in [-0.4, -0.2) is 10.9 Å². The lowest BCUT2D eigenvalue weighted by Gasteiger charge is -1.69. The second-order valence-corrected chi connectivity index (χ2v) is 1.33. The first-order valence-corrected chi connectivity index (χ1v) is 2.42. The summed E-state index contributed by atoms with van der Waals surface area (Å²) in [5, 5.41) is 2.09. The molecule has 0 aromatic heterocycles. The monoisotopic (exact) mass is 127 g/mol. The molecule has 0 rings (SSSR count). The second kappa shape index (κ2) is 4.37. The van der Waals surface area contributed by atoms with Crippen LogP contribution in [0.25, 0.3) is 0 Å². The Morgan fingerprint density at radius 1 is 1.88 bits per heavy atom. The number of allylic oxidation sites excluding steroid dienone is 1. The quantitative estimate of drug-likeness (QED) is 0.317. The Labute approximate surface area is 52.9 Å². The van der Waals surface area contributed by atoms with Crippen molar-refractivity contribution in [2.45, 2.75) is 6.92 Å². The second-order valence-electron chi connectivity index (χ2n) is 1.15. The van der Waals surface area contributed by atoms with E-state index in [2.05, 4.69) is 22.4 Å². The number of nitrogens with zero attached hydrogens (tertiary/aromatic N) is 1. The third kappa shape index (κ3) is 5.21. The maximum Gasteiger partial charge on any atom is 0.154 e. The van der Waals surface area contributed by atoms with E-state index in [0.29, 0.717) is 0 Å². The molecule has 0 unspecified atom stereocenters. The average molecular weight is 127 g/mol.